The minimum Gasteiger partial charge on any atom is -0.469 e. The Balaban J connectivity index is 1.79. The lowest BCUT2D eigenvalue weighted by atomic mass is 9.95. The van der Waals surface area contributed by atoms with Crippen molar-refractivity contribution >= 4 is 11.9 Å². The van der Waals surface area contributed by atoms with Gasteiger partial charge in [-0.15, -0.1) is 0 Å². The summed E-state index contributed by atoms with van der Waals surface area (Å²) in [5, 5.41) is 10.5. The second-order valence-corrected chi connectivity index (χ2v) is 8.95. The predicted molar refractivity (Wildman–Crippen MR) is 124 cm³/mol. The molecule has 5 nitrogen and oxygen atoms in total. The number of aliphatic hydroxyl groups is 1. The topological polar surface area (TPSA) is 66.8 Å². The van der Waals surface area contributed by atoms with E-state index >= 15 is 0 Å². The monoisotopic (exact) mass is 465 g/mol. The molecule has 33 heavy (non-hydrogen) atoms. The van der Waals surface area contributed by atoms with E-state index < -0.39 is 30.4 Å². The second-order valence-electron chi connectivity index (χ2n) is 8.95. The molecule has 0 spiro atoms. The van der Waals surface area contributed by atoms with E-state index in [0.717, 1.165) is 32.1 Å². The Bertz CT molecular complexity index is 769. The first-order valence-electron chi connectivity index (χ1n) is 11.9. The van der Waals surface area contributed by atoms with Gasteiger partial charge in [0.1, 0.15) is 0 Å². The molecule has 1 amide bonds. The lowest BCUT2D eigenvalue weighted by Crippen LogP contribution is -2.36. The molecule has 3 atom stereocenters. The maximum atomic E-state index is 14.1. The number of likely N-dealkylation sites (tertiary alicyclic amines) is 1. The molecule has 1 aromatic carbocycles. The van der Waals surface area contributed by atoms with Gasteiger partial charge in [0.25, 0.3) is 5.91 Å². The highest BCUT2D eigenvalue weighted by Crippen LogP contribution is 2.34. The summed E-state index contributed by atoms with van der Waals surface area (Å²) in [6, 6.07) is 9.42. The van der Waals surface area contributed by atoms with Gasteiger partial charge in [-0.3, -0.25) is 9.59 Å². The minimum atomic E-state index is -3.37. The summed E-state index contributed by atoms with van der Waals surface area (Å²) in [7, 11) is 1.34. The first-order valence-corrected chi connectivity index (χ1v) is 11.9. The van der Waals surface area contributed by atoms with Crippen LogP contribution in [0.5, 0.6) is 0 Å². The van der Waals surface area contributed by atoms with Gasteiger partial charge < -0.3 is 14.7 Å². The van der Waals surface area contributed by atoms with E-state index in [0.29, 0.717) is 19.3 Å². The number of unbranched alkanes of at least 4 members (excludes halogenated alkanes) is 3. The molecule has 1 fully saturated rings. The van der Waals surface area contributed by atoms with Crippen molar-refractivity contribution in [2.45, 2.75) is 82.8 Å². The first-order chi connectivity index (χ1) is 15.7. The van der Waals surface area contributed by atoms with Crippen LogP contribution < -0.4 is 0 Å². The summed E-state index contributed by atoms with van der Waals surface area (Å²) in [6.45, 7) is 2.19. The lowest BCUT2D eigenvalue weighted by molar-refractivity contribution is -0.148. The van der Waals surface area contributed by atoms with E-state index in [1.54, 1.807) is 12.2 Å². The Morgan fingerprint density at radius 1 is 1.21 bits per heavy atom. The molecule has 1 saturated heterocycles. The maximum absolute atomic E-state index is 14.1. The molecule has 184 valence electrons. The Morgan fingerprint density at radius 2 is 1.91 bits per heavy atom. The SMILES string of the molecule is COC(=O)CCCCCCN1C(=O)C(F)(F)CC1C=C[C@H](O)[C@@H](C)CCCc1ccccc1. The highest BCUT2D eigenvalue weighted by atomic mass is 19.3. The molecule has 0 bridgehead atoms. The molecule has 0 aliphatic carbocycles. The van der Waals surface area contributed by atoms with Gasteiger partial charge in [-0.25, -0.2) is 0 Å². The van der Waals surface area contributed by atoms with Gasteiger partial charge in [0.05, 0.1) is 19.3 Å². The smallest absolute Gasteiger partial charge is 0.327 e. The van der Waals surface area contributed by atoms with Crippen LogP contribution in [0.4, 0.5) is 8.78 Å². The molecule has 1 aromatic rings. The average Bonchev–Trinajstić information content (AvgIpc) is 3.02. The summed E-state index contributed by atoms with van der Waals surface area (Å²) in [5.41, 5.74) is 1.25. The number of esters is 1. The van der Waals surface area contributed by atoms with Crippen LogP contribution in [0.2, 0.25) is 0 Å². The lowest BCUT2D eigenvalue weighted by Gasteiger charge is -2.22. The average molecular weight is 466 g/mol. The van der Waals surface area contributed by atoms with Crippen LogP contribution in [0, 0.1) is 5.92 Å². The van der Waals surface area contributed by atoms with Crippen molar-refractivity contribution in [2.24, 2.45) is 5.92 Å². The molecule has 2 rings (SSSR count). The van der Waals surface area contributed by atoms with E-state index in [2.05, 4.69) is 16.9 Å². The molecule has 0 saturated carbocycles. The van der Waals surface area contributed by atoms with Crippen LogP contribution >= 0.6 is 0 Å². The fraction of sp³-hybridized carbons (Fsp3) is 0.615. The van der Waals surface area contributed by atoms with Gasteiger partial charge in [-0.2, -0.15) is 8.78 Å². The van der Waals surface area contributed by atoms with Gasteiger partial charge >= 0.3 is 11.9 Å². The zero-order valence-electron chi connectivity index (χ0n) is 19.7. The van der Waals surface area contributed by atoms with Crippen molar-refractivity contribution in [2.75, 3.05) is 13.7 Å². The quantitative estimate of drug-likeness (QED) is 0.241. The minimum absolute atomic E-state index is 0.00848. The predicted octanol–water partition coefficient (Wildman–Crippen LogP) is 4.92. The number of alkyl halides is 2. The van der Waals surface area contributed by atoms with Crippen LogP contribution in [0.15, 0.2) is 42.5 Å². The maximum Gasteiger partial charge on any atom is 0.327 e. The second kappa shape index (κ2) is 13.4. The number of hydrogen-bond acceptors (Lipinski definition) is 4. The first kappa shape index (κ1) is 27.0. The van der Waals surface area contributed by atoms with Gasteiger partial charge in [0.2, 0.25) is 0 Å². The van der Waals surface area contributed by atoms with Crippen molar-refractivity contribution in [3.8, 4) is 0 Å². The number of ether oxygens (including phenoxy) is 1. The van der Waals surface area contributed by atoms with E-state index in [4.69, 9.17) is 0 Å². The Hall–Kier alpha value is -2.28. The number of halogens is 2. The zero-order chi connectivity index (χ0) is 24.3. The number of amides is 1. The van der Waals surface area contributed by atoms with Crippen molar-refractivity contribution in [1.29, 1.82) is 0 Å². The molecular formula is C26H37F2NO4. The fourth-order valence-corrected chi connectivity index (χ4v) is 4.14. The zero-order valence-corrected chi connectivity index (χ0v) is 19.7. The molecule has 1 aliphatic heterocycles. The van der Waals surface area contributed by atoms with Crippen molar-refractivity contribution < 1.29 is 28.2 Å². The summed E-state index contributed by atoms with van der Waals surface area (Å²) in [6.07, 6.45) is 7.61. The molecule has 0 aromatic heterocycles. The van der Waals surface area contributed by atoms with Crippen LogP contribution in [0.25, 0.3) is 0 Å². The molecule has 1 heterocycles. The highest BCUT2D eigenvalue weighted by Gasteiger charge is 2.52. The van der Waals surface area contributed by atoms with Crippen molar-refractivity contribution in [3.63, 3.8) is 0 Å². The molecule has 1 N–H and O–H groups in total. The van der Waals surface area contributed by atoms with E-state index in [9.17, 15) is 23.5 Å². The van der Waals surface area contributed by atoms with E-state index in [1.807, 2.05) is 25.1 Å². The third-order valence-electron chi connectivity index (χ3n) is 6.28. The van der Waals surface area contributed by atoms with Gasteiger partial charge in [-0.05, 0) is 43.6 Å². The Labute approximate surface area is 195 Å². The summed E-state index contributed by atoms with van der Waals surface area (Å²) < 4.78 is 32.7. The number of hydrogen-bond donors (Lipinski definition) is 1. The van der Waals surface area contributed by atoms with Crippen LogP contribution in [0.3, 0.4) is 0 Å². The number of rotatable bonds is 14. The van der Waals surface area contributed by atoms with E-state index in [1.165, 1.54) is 17.6 Å². The third kappa shape index (κ3) is 8.88. The fourth-order valence-electron chi connectivity index (χ4n) is 4.14. The molecule has 1 unspecified atom stereocenters. The van der Waals surface area contributed by atoms with Crippen LogP contribution in [0.1, 0.15) is 63.9 Å². The largest absolute Gasteiger partial charge is 0.469 e. The molecule has 0 radical (unpaired) electrons. The number of benzene rings is 1. The molecular weight excluding hydrogens is 428 g/mol. The number of methoxy groups -OCH3 is 1. The van der Waals surface area contributed by atoms with Gasteiger partial charge in [0, 0.05) is 19.4 Å². The normalized spacial score (nSPS) is 19.7. The Morgan fingerprint density at radius 3 is 2.61 bits per heavy atom. The standard InChI is InChI=1S/C26H37F2NO4/c1-20(11-10-14-21-12-6-5-7-13-21)23(30)17-16-22-19-26(27,28)25(32)29(22)18-9-4-3-8-15-24(31)33-2/h5-7,12-13,16-17,20,22-23,30H,3-4,8-11,14-15,18-19H2,1-2H3/t20-,22?,23-/m0/s1. The highest BCUT2D eigenvalue weighted by molar-refractivity contribution is 5.86. The van der Waals surface area contributed by atoms with Gasteiger partial charge in [0.15, 0.2) is 0 Å². The molecule has 1 aliphatic rings. The van der Waals surface area contributed by atoms with Gasteiger partial charge in [-0.1, -0.05) is 62.2 Å². The third-order valence-corrected chi connectivity index (χ3v) is 6.28. The number of aliphatic hydroxyl groups excluding tert-OH is 1. The summed E-state index contributed by atoms with van der Waals surface area (Å²) >= 11 is 0. The summed E-state index contributed by atoms with van der Waals surface area (Å²) in [4.78, 5) is 24.5. The van der Waals surface area contributed by atoms with Crippen molar-refractivity contribution in [3.05, 3.63) is 48.0 Å². The van der Waals surface area contributed by atoms with Crippen molar-refractivity contribution in [1.82, 2.24) is 4.90 Å². The van der Waals surface area contributed by atoms with Crippen LogP contribution in [-0.2, 0) is 20.7 Å². The summed E-state index contributed by atoms with van der Waals surface area (Å²) in [5.74, 6) is -4.78. The molecule has 7 heteroatoms. The number of carbonyl (C=O) groups excluding carboxylic acids is 2. The number of carbonyl (C=O) groups is 2. The number of aryl methyl sites for hydroxylation is 1. The Kier molecular flexibility index (Phi) is 11.0. The number of nitrogens with zero attached hydrogens (tertiary/aromatic N) is 1. The van der Waals surface area contributed by atoms with E-state index in [-0.39, 0.29) is 18.4 Å². The van der Waals surface area contributed by atoms with Crippen LogP contribution in [-0.4, -0.2) is 53.6 Å².